The lowest BCUT2D eigenvalue weighted by Crippen LogP contribution is -2.44. The summed E-state index contributed by atoms with van der Waals surface area (Å²) >= 11 is 6.10. The average molecular weight is 299 g/mol. The number of halogens is 1. The van der Waals surface area contributed by atoms with Crippen molar-refractivity contribution in [1.29, 1.82) is 0 Å². The lowest BCUT2D eigenvalue weighted by atomic mass is 10.2. The van der Waals surface area contributed by atoms with Crippen molar-refractivity contribution >= 4 is 23.2 Å². The molecule has 6 nitrogen and oxygen atoms in total. The van der Waals surface area contributed by atoms with Crippen LogP contribution in [0.15, 0.2) is 6.07 Å². The second-order valence-electron chi connectivity index (χ2n) is 5.07. The van der Waals surface area contributed by atoms with E-state index in [9.17, 15) is 0 Å². The summed E-state index contributed by atoms with van der Waals surface area (Å²) in [5.41, 5.74) is 0. The molecular formula is C13H19ClN4O2. The standard InChI is InChI=1S/C13H19ClN4O2/c1-10-9-20-7-4-18(10)12-8-11(15-13(14)16-12)17-2-5-19-6-3-17/h8,10H,2-7,9H2,1H3. The van der Waals surface area contributed by atoms with Crippen LogP contribution in [0.5, 0.6) is 0 Å². The average Bonchev–Trinajstić information content (AvgIpc) is 2.48. The molecule has 0 spiro atoms. The molecule has 2 fully saturated rings. The maximum Gasteiger partial charge on any atom is 0.226 e. The van der Waals surface area contributed by atoms with Gasteiger partial charge in [0.25, 0.3) is 0 Å². The number of rotatable bonds is 2. The first-order chi connectivity index (χ1) is 9.74. The predicted molar refractivity (Wildman–Crippen MR) is 77.7 cm³/mol. The molecule has 20 heavy (non-hydrogen) atoms. The molecule has 7 heteroatoms. The Balaban J connectivity index is 1.85. The number of hydrogen-bond acceptors (Lipinski definition) is 6. The Morgan fingerprint density at radius 3 is 2.55 bits per heavy atom. The zero-order chi connectivity index (χ0) is 13.9. The zero-order valence-electron chi connectivity index (χ0n) is 11.6. The highest BCUT2D eigenvalue weighted by Gasteiger charge is 2.22. The Bertz CT molecular complexity index is 468. The first-order valence-electron chi connectivity index (χ1n) is 6.96. The summed E-state index contributed by atoms with van der Waals surface area (Å²) < 4.78 is 10.8. The molecule has 1 unspecified atom stereocenters. The summed E-state index contributed by atoms with van der Waals surface area (Å²) in [5.74, 6) is 1.75. The third kappa shape index (κ3) is 2.97. The van der Waals surface area contributed by atoms with Gasteiger partial charge in [0.1, 0.15) is 11.6 Å². The summed E-state index contributed by atoms with van der Waals surface area (Å²) in [6.07, 6.45) is 0. The minimum Gasteiger partial charge on any atom is -0.378 e. The molecule has 0 bridgehead atoms. The van der Waals surface area contributed by atoms with Crippen molar-refractivity contribution in [3.8, 4) is 0 Å². The molecule has 1 atom stereocenters. The second-order valence-corrected chi connectivity index (χ2v) is 5.41. The second kappa shape index (κ2) is 6.11. The van der Waals surface area contributed by atoms with Crippen LogP contribution in [0.4, 0.5) is 11.6 Å². The summed E-state index contributed by atoms with van der Waals surface area (Å²) in [4.78, 5) is 13.1. The van der Waals surface area contributed by atoms with E-state index in [2.05, 4.69) is 26.7 Å². The number of anilines is 2. The van der Waals surface area contributed by atoms with E-state index in [0.717, 1.165) is 51.1 Å². The predicted octanol–water partition coefficient (Wildman–Crippen LogP) is 1.19. The Hall–Kier alpha value is -1.11. The normalized spacial score (nSPS) is 24.0. The van der Waals surface area contributed by atoms with E-state index in [4.69, 9.17) is 21.1 Å². The van der Waals surface area contributed by atoms with Crippen molar-refractivity contribution < 1.29 is 9.47 Å². The first-order valence-corrected chi connectivity index (χ1v) is 7.33. The first kappa shape index (κ1) is 13.9. The van der Waals surface area contributed by atoms with Gasteiger partial charge in [-0.15, -0.1) is 0 Å². The summed E-state index contributed by atoms with van der Waals surface area (Å²) in [6, 6.07) is 2.31. The quantitative estimate of drug-likeness (QED) is 0.765. The van der Waals surface area contributed by atoms with Crippen LogP contribution in [0.3, 0.4) is 0 Å². The fourth-order valence-electron chi connectivity index (χ4n) is 2.56. The van der Waals surface area contributed by atoms with Crippen LogP contribution in [0, 0.1) is 0 Å². The van der Waals surface area contributed by atoms with Crippen LogP contribution in [0.2, 0.25) is 5.28 Å². The smallest absolute Gasteiger partial charge is 0.226 e. The molecule has 0 amide bonds. The number of ether oxygens (including phenoxy) is 2. The molecule has 0 saturated carbocycles. The minimum absolute atomic E-state index is 0.294. The third-order valence-corrected chi connectivity index (χ3v) is 3.84. The van der Waals surface area contributed by atoms with Crippen molar-refractivity contribution in [3.05, 3.63) is 11.3 Å². The van der Waals surface area contributed by atoms with Gasteiger partial charge in [-0.3, -0.25) is 0 Å². The lowest BCUT2D eigenvalue weighted by molar-refractivity contribution is 0.0985. The Morgan fingerprint density at radius 1 is 1.10 bits per heavy atom. The molecule has 1 aromatic heterocycles. The summed E-state index contributed by atoms with van der Waals surface area (Å²) in [5, 5.41) is 0.294. The van der Waals surface area contributed by atoms with Gasteiger partial charge in [-0.2, -0.15) is 0 Å². The molecule has 3 rings (SSSR count). The zero-order valence-corrected chi connectivity index (χ0v) is 12.3. The highest BCUT2D eigenvalue weighted by molar-refractivity contribution is 6.28. The summed E-state index contributed by atoms with van der Waals surface area (Å²) in [6.45, 7) is 7.53. The van der Waals surface area contributed by atoms with Crippen LogP contribution >= 0.6 is 11.6 Å². The van der Waals surface area contributed by atoms with E-state index in [1.165, 1.54) is 0 Å². The summed E-state index contributed by atoms with van der Waals surface area (Å²) in [7, 11) is 0. The van der Waals surface area contributed by atoms with Crippen LogP contribution in [-0.2, 0) is 9.47 Å². The number of morpholine rings is 2. The molecular weight excluding hydrogens is 280 g/mol. The van der Waals surface area contributed by atoms with Gasteiger partial charge in [-0.05, 0) is 18.5 Å². The van der Waals surface area contributed by atoms with E-state index >= 15 is 0 Å². The molecule has 0 aromatic carbocycles. The van der Waals surface area contributed by atoms with Gasteiger partial charge in [0, 0.05) is 25.7 Å². The molecule has 2 aliphatic heterocycles. The molecule has 3 heterocycles. The van der Waals surface area contributed by atoms with Gasteiger partial charge in [-0.25, -0.2) is 9.97 Å². The van der Waals surface area contributed by atoms with Gasteiger partial charge in [0.2, 0.25) is 5.28 Å². The minimum atomic E-state index is 0.294. The molecule has 0 N–H and O–H groups in total. The van der Waals surface area contributed by atoms with Crippen molar-refractivity contribution in [3.63, 3.8) is 0 Å². The SMILES string of the molecule is CC1COCCN1c1cc(N2CCOCC2)nc(Cl)n1. The Labute approximate surface area is 123 Å². The van der Waals surface area contributed by atoms with E-state index in [0.29, 0.717) is 17.9 Å². The lowest BCUT2D eigenvalue weighted by Gasteiger charge is -2.35. The molecule has 0 radical (unpaired) electrons. The van der Waals surface area contributed by atoms with E-state index in [1.807, 2.05) is 6.07 Å². The van der Waals surface area contributed by atoms with E-state index in [1.54, 1.807) is 0 Å². The fraction of sp³-hybridized carbons (Fsp3) is 0.692. The molecule has 110 valence electrons. The van der Waals surface area contributed by atoms with Gasteiger partial charge >= 0.3 is 0 Å². The van der Waals surface area contributed by atoms with Crippen molar-refractivity contribution in [2.75, 3.05) is 55.9 Å². The third-order valence-electron chi connectivity index (χ3n) is 3.67. The molecule has 2 saturated heterocycles. The van der Waals surface area contributed by atoms with Gasteiger partial charge in [0.15, 0.2) is 0 Å². The maximum atomic E-state index is 6.10. The Kier molecular flexibility index (Phi) is 4.24. The molecule has 1 aromatic rings. The molecule has 0 aliphatic carbocycles. The largest absolute Gasteiger partial charge is 0.378 e. The fourth-order valence-corrected chi connectivity index (χ4v) is 2.74. The van der Waals surface area contributed by atoms with Gasteiger partial charge < -0.3 is 19.3 Å². The monoisotopic (exact) mass is 298 g/mol. The van der Waals surface area contributed by atoms with E-state index in [-0.39, 0.29) is 0 Å². The van der Waals surface area contributed by atoms with Gasteiger partial charge in [-0.1, -0.05) is 0 Å². The highest BCUT2D eigenvalue weighted by atomic mass is 35.5. The van der Waals surface area contributed by atoms with Gasteiger partial charge in [0.05, 0.1) is 32.5 Å². The van der Waals surface area contributed by atoms with Crippen LogP contribution in [-0.4, -0.2) is 62.1 Å². The van der Waals surface area contributed by atoms with E-state index < -0.39 is 0 Å². The number of hydrogen-bond donors (Lipinski definition) is 0. The van der Waals surface area contributed by atoms with Crippen molar-refractivity contribution in [2.24, 2.45) is 0 Å². The number of aromatic nitrogens is 2. The topological polar surface area (TPSA) is 50.7 Å². The molecule has 2 aliphatic rings. The van der Waals surface area contributed by atoms with Crippen LogP contribution in [0.1, 0.15) is 6.92 Å². The van der Waals surface area contributed by atoms with Crippen molar-refractivity contribution in [2.45, 2.75) is 13.0 Å². The van der Waals surface area contributed by atoms with Crippen molar-refractivity contribution in [1.82, 2.24) is 9.97 Å². The number of nitrogens with zero attached hydrogens (tertiary/aromatic N) is 4. The Morgan fingerprint density at radius 2 is 1.80 bits per heavy atom. The van der Waals surface area contributed by atoms with Crippen LogP contribution < -0.4 is 9.80 Å². The van der Waals surface area contributed by atoms with Crippen LogP contribution in [0.25, 0.3) is 0 Å². The maximum absolute atomic E-state index is 6.10. The highest BCUT2D eigenvalue weighted by Crippen LogP contribution is 2.24.